The van der Waals surface area contributed by atoms with Gasteiger partial charge >= 0.3 is 5.97 Å². The van der Waals surface area contributed by atoms with E-state index in [-0.39, 0.29) is 18.5 Å². The number of ether oxygens (including phenoxy) is 1. The smallest absolute Gasteiger partial charge is 0.305 e. The van der Waals surface area contributed by atoms with Crippen LogP contribution in [0.2, 0.25) is 0 Å². The summed E-state index contributed by atoms with van der Waals surface area (Å²) in [5.41, 5.74) is 0. The van der Waals surface area contributed by atoms with Crippen LogP contribution in [0.4, 0.5) is 0 Å². The second kappa shape index (κ2) is 64.9. The number of allylic oxidation sites excluding steroid dienone is 3. The van der Waals surface area contributed by atoms with Crippen LogP contribution in [-0.4, -0.2) is 47.4 Å². The Labute approximate surface area is 469 Å². The van der Waals surface area contributed by atoms with Crippen LogP contribution in [0, 0.1) is 0 Å². The fraction of sp³-hybridized carbons (Fsp3) is 0.913. The van der Waals surface area contributed by atoms with E-state index in [1.165, 1.54) is 308 Å². The lowest BCUT2D eigenvalue weighted by atomic mass is 10.0. The van der Waals surface area contributed by atoms with Crippen molar-refractivity contribution < 1.29 is 24.5 Å². The highest BCUT2D eigenvalue weighted by atomic mass is 16.5. The van der Waals surface area contributed by atoms with Gasteiger partial charge in [-0.2, -0.15) is 0 Å². The van der Waals surface area contributed by atoms with E-state index < -0.39 is 12.1 Å². The number of aliphatic hydroxyl groups is 2. The first-order valence-corrected chi connectivity index (χ1v) is 34.1. The number of nitrogens with one attached hydrogen (secondary N) is 1. The van der Waals surface area contributed by atoms with Crippen LogP contribution >= 0.6 is 0 Å². The molecule has 0 aromatic rings. The Kier molecular flexibility index (Phi) is 63.4. The van der Waals surface area contributed by atoms with Crippen molar-refractivity contribution >= 4 is 11.9 Å². The zero-order chi connectivity index (χ0) is 54.3. The Morgan fingerprint density at radius 1 is 0.360 bits per heavy atom. The first-order chi connectivity index (χ1) is 37.0. The van der Waals surface area contributed by atoms with Crippen LogP contribution in [0.1, 0.15) is 380 Å². The Balaban J connectivity index is 3.40. The largest absolute Gasteiger partial charge is 0.466 e. The summed E-state index contributed by atoms with van der Waals surface area (Å²) in [5, 5.41) is 23.2. The van der Waals surface area contributed by atoms with Crippen LogP contribution < -0.4 is 5.32 Å². The maximum atomic E-state index is 12.5. The number of carbonyl (C=O) groups is 2. The number of rotatable bonds is 64. The van der Waals surface area contributed by atoms with E-state index in [1.54, 1.807) is 6.08 Å². The number of hydrogen-bond acceptors (Lipinski definition) is 5. The van der Waals surface area contributed by atoms with E-state index in [0.717, 1.165) is 44.9 Å². The van der Waals surface area contributed by atoms with Crippen LogP contribution in [0.5, 0.6) is 0 Å². The molecular weight excluding hydrogens is 923 g/mol. The first-order valence-electron chi connectivity index (χ1n) is 34.1. The molecule has 0 heterocycles. The predicted octanol–water partition coefficient (Wildman–Crippen LogP) is 21.8. The third-order valence-corrected chi connectivity index (χ3v) is 16.0. The summed E-state index contributed by atoms with van der Waals surface area (Å²) in [7, 11) is 0. The minimum absolute atomic E-state index is 0.0164. The number of hydrogen-bond donors (Lipinski definition) is 3. The summed E-state index contributed by atoms with van der Waals surface area (Å²) in [6.07, 6.45) is 81.0. The molecule has 1 amide bonds. The van der Waals surface area contributed by atoms with Crippen LogP contribution in [0.25, 0.3) is 0 Å². The van der Waals surface area contributed by atoms with Gasteiger partial charge in [0.2, 0.25) is 5.91 Å². The van der Waals surface area contributed by atoms with Gasteiger partial charge in [0.1, 0.15) is 0 Å². The van der Waals surface area contributed by atoms with E-state index in [1.807, 2.05) is 6.08 Å². The topological polar surface area (TPSA) is 95.9 Å². The summed E-state index contributed by atoms with van der Waals surface area (Å²) in [5.74, 6) is -0.0554. The molecule has 6 heteroatoms. The molecular formula is C69H133NO5. The van der Waals surface area contributed by atoms with Gasteiger partial charge in [-0.25, -0.2) is 0 Å². The Morgan fingerprint density at radius 3 is 0.947 bits per heavy atom. The van der Waals surface area contributed by atoms with E-state index in [4.69, 9.17) is 4.74 Å². The molecule has 0 radical (unpaired) electrons. The molecule has 0 fully saturated rings. The normalized spacial score (nSPS) is 12.6. The Morgan fingerprint density at radius 2 is 0.627 bits per heavy atom. The number of aliphatic hydroxyl groups excluding tert-OH is 2. The fourth-order valence-electron chi connectivity index (χ4n) is 10.7. The van der Waals surface area contributed by atoms with Gasteiger partial charge in [-0.15, -0.1) is 0 Å². The molecule has 0 aliphatic carbocycles. The lowest BCUT2D eigenvalue weighted by Crippen LogP contribution is -2.45. The van der Waals surface area contributed by atoms with Crippen LogP contribution in [0.15, 0.2) is 24.3 Å². The van der Waals surface area contributed by atoms with Crippen molar-refractivity contribution in [2.45, 2.75) is 392 Å². The van der Waals surface area contributed by atoms with Gasteiger partial charge in [0.25, 0.3) is 0 Å². The molecule has 6 nitrogen and oxygen atoms in total. The SMILES string of the molecule is CCCCCCCCCCCCCCCC/C=C/C(O)C(CO)NC(=O)CCCCCCCCC/C=C\CCCCCCCCCCCCCCOC(=O)CCCCCCCCCCCCCCCCCCCCC. The van der Waals surface area contributed by atoms with E-state index in [9.17, 15) is 19.8 Å². The van der Waals surface area contributed by atoms with E-state index in [0.29, 0.717) is 19.4 Å². The molecule has 0 rings (SSSR count). The van der Waals surface area contributed by atoms with Crippen molar-refractivity contribution in [3.8, 4) is 0 Å². The Hall–Kier alpha value is -1.66. The summed E-state index contributed by atoms with van der Waals surface area (Å²) >= 11 is 0. The van der Waals surface area contributed by atoms with Gasteiger partial charge < -0.3 is 20.3 Å². The lowest BCUT2D eigenvalue weighted by molar-refractivity contribution is -0.143. The molecule has 2 atom stereocenters. The summed E-state index contributed by atoms with van der Waals surface area (Å²) in [6, 6.07) is -0.632. The van der Waals surface area contributed by atoms with Crippen molar-refractivity contribution in [3.05, 3.63) is 24.3 Å². The van der Waals surface area contributed by atoms with E-state index in [2.05, 4.69) is 31.3 Å². The summed E-state index contributed by atoms with van der Waals surface area (Å²) < 4.78 is 5.51. The second-order valence-electron chi connectivity index (χ2n) is 23.5. The lowest BCUT2D eigenvalue weighted by Gasteiger charge is -2.20. The van der Waals surface area contributed by atoms with Crippen molar-refractivity contribution in [1.82, 2.24) is 5.32 Å². The molecule has 2 unspecified atom stereocenters. The van der Waals surface area contributed by atoms with Gasteiger partial charge in [-0.3, -0.25) is 9.59 Å². The minimum Gasteiger partial charge on any atom is -0.466 e. The Bertz CT molecular complexity index is 1170. The zero-order valence-electron chi connectivity index (χ0n) is 50.8. The number of carbonyl (C=O) groups excluding carboxylic acids is 2. The molecule has 0 bridgehead atoms. The summed E-state index contributed by atoms with van der Waals surface area (Å²) in [4.78, 5) is 24.6. The van der Waals surface area contributed by atoms with Gasteiger partial charge in [-0.1, -0.05) is 334 Å². The molecule has 444 valence electrons. The molecule has 0 saturated heterocycles. The molecule has 0 aliphatic rings. The van der Waals surface area contributed by atoms with Gasteiger partial charge in [0.15, 0.2) is 0 Å². The quantitative estimate of drug-likeness (QED) is 0.0320. The monoisotopic (exact) mass is 1060 g/mol. The van der Waals surface area contributed by atoms with Crippen LogP contribution in [0.3, 0.4) is 0 Å². The van der Waals surface area contributed by atoms with E-state index >= 15 is 0 Å². The second-order valence-corrected chi connectivity index (χ2v) is 23.5. The van der Waals surface area contributed by atoms with Crippen molar-refractivity contribution in [1.29, 1.82) is 0 Å². The molecule has 0 aromatic carbocycles. The molecule has 0 aromatic heterocycles. The summed E-state index contributed by atoms with van der Waals surface area (Å²) in [6.45, 7) is 4.94. The standard InChI is InChI=1S/C69H133NO5/c1-3-5-7-9-11-13-15-17-19-21-27-31-35-39-43-47-51-55-59-63-69(74)75-64-60-56-52-48-44-40-36-32-29-26-24-22-23-25-28-30-34-38-42-46-50-54-58-62-68(73)70-66(65-71)67(72)61-57-53-49-45-41-37-33-20-18-16-14-12-10-8-6-4-2/h25,28,57,61,66-67,71-72H,3-24,26-27,29-56,58-60,62-65H2,1-2H3,(H,70,73)/b28-25-,61-57+. The fourth-order valence-corrected chi connectivity index (χ4v) is 10.7. The maximum Gasteiger partial charge on any atom is 0.305 e. The number of amides is 1. The molecule has 3 N–H and O–H groups in total. The zero-order valence-corrected chi connectivity index (χ0v) is 50.8. The van der Waals surface area contributed by atoms with Gasteiger partial charge in [0.05, 0.1) is 25.4 Å². The average Bonchev–Trinajstić information content (AvgIpc) is 3.41. The average molecular weight is 1060 g/mol. The molecule has 0 spiro atoms. The first kappa shape index (κ1) is 73.3. The highest BCUT2D eigenvalue weighted by Crippen LogP contribution is 2.18. The highest BCUT2D eigenvalue weighted by molar-refractivity contribution is 5.76. The maximum absolute atomic E-state index is 12.5. The van der Waals surface area contributed by atoms with Gasteiger partial charge in [0, 0.05) is 12.8 Å². The number of esters is 1. The molecule has 0 aliphatic heterocycles. The van der Waals surface area contributed by atoms with Crippen molar-refractivity contribution in [2.24, 2.45) is 0 Å². The highest BCUT2D eigenvalue weighted by Gasteiger charge is 2.18. The van der Waals surface area contributed by atoms with Crippen LogP contribution in [-0.2, 0) is 14.3 Å². The number of unbranched alkanes of at least 4 members (excludes halogenated alkanes) is 51. The predicted molar refractivity (Wildman–Crippen MR) is 329 cm³/mol. The third-order valence-electron chi connectivity index (χ3n) is 16.0. The van der Waals surface area contributed by atoms with Gasteiger partial charge in [-0.05, 0) is 57.8 Å². The molecule has 75 heavy (non-hydrogen) atoms. The minimum atomic E-state index is -0.848. The van der Waals surface area contributed by atoms with Crippen molar-refractivity contribution in [3.63, 3.8) is 0 Å². The third kappa shape index (κ3) is 61.4. The van der Waals surface area contributed by atoms with Crippen molar-refractivity contribution in [2.75, 3.05) is 13.2 Å². The molecule has 0 saturated carbocycles.